The molecule has 0 unspecified atom stereocenters. The van der Waals surface area contributed by atoms with Crippen molar-refractivity contribution in [2.75, 3.05) is 26.2 Å². The zero-order valence-electron chi connectivity index (χ0n) is 22.7. The highest BCUT2D eigenvalue weighted by Gasteiger charge is 2.36. The second-order valence-corrected chi connectivity index (χ2v) is 14.4. The maximum atomic E-state index is 13.6. The van der Waals surface area contributed by atoms with Gasteiger partial charge in [-0.15, -0.1) is 0 Å². The molecular formula is C28H30N4O6S2. The van der Waals surface area contributed by atoms with E-state index in [1.807, 2.05) is 39.8 Å². The van der Waals surface area contributed by atoms with Gasteiger partial charge in [-0.3, -0.25) is 0 Å². The van der Waals surface area contributed by atoms with Crippen molar-refractivity contribution < 1.29 is 26.3 Å². The van der Waals surface area contributed by atoms with Gasteiger partial charge in [0.1, 0.15) is 17.7 Å². The molecule has 3 aliphatic rings. The molecule has 10 nitrogen and oxygen atoms in total. The van der Waals surface area contributed by atoms with Gasteiger partial charge in [-0.1, -0.05) is 12.1 Å². The summed E-state index contributed by atoms with van der Waals surface area (Å²) < 4.78 is 68.6. The van der Waals surface area contributed by atoms with Crippen LogP contribution in [0.2, 0.25) is 0 Å². The molecule has 0 N–H and O–H groups in total. The summed E-state index contributed by atoms with van der Waals surface area (Å²) in [6.07, 6.45) is -1.08. The van der Waals surface area contributed by atoms with Gasteiger partial charge in [-0.2, -0.15) is 19.1 Å². The SMILES string of the molecule is C[C@@H]1CN(S(=O)(=O)c2ccc3c(c2)C(=C(C#N)C#N)c2cc(S(=O)(=O)N4C[C@@H](C)O[C@@H](C)C4)ccc2-3)C[C@@H](C)O1. The number of fused-ring (bicyclic) bond motifs is 3. The van der Waals surface area contributed by atoms with E-state index in [-0.39, 0.29) is 71.5 Å². The quantitative estimate of drug-likeness (QED) is 0.428. The first-order valence-corrected chi connectivity index (χ1v) is 15.9. The lowest BCUT2D eigenvalue weighted by molar-refractivity contribution is -0.0442. The van der Waals surface area contributed by atoms with Gasteiger partial charge in [0.2, 0.25) is 20.0 Å². The molecule has 12 heteroatoms. The van der Waals surface area contributed by atoms with Gasteiger partial charge >= 0.3 is 0 Å². The normalized spacial score (nSPS) is 25.5. The van der Waals surface area contributed by atoms with Crippen molar-refractivity contribution in [3.63, 3.8) is 0 Å². The van der Waals surface area contributed by atoms with Crippen molar-refractivity contribution in [3.8, 4) is 23.3 Å². The summed E-state index contributed by atoms with van der Waals surface area (Å²) in [5, 5.41) is 19.6. The second-order valence-electron chi connectivity index (χ2n) is 10.5. The minimum absolute atomic E-state index is 0.0252. The van der Waals surface area contributed by atoms with Crippen molar-refractivity contribution in [1.29, 1.82) is 10.5 Å². The van der Waals surface area contributed by atoms with Crippen LogP contribution in [0.5, 0.6) is 0 Å². The molecule has 40 heavy (non-hydrogen) atoms. The van der Waals surface area contributed by atoms with Crippen LogP contribution < -0.4 is 0 Å². The number of sulfonamides is 2. The molecule has 4 atom stereocenters. The number of nitrogens with zero attached hydrogens (tertiary/aromatic N) is 4. The van der Waals surface area contributed by atoms with Crippen molar-refractivity contribution in [2.45, 2.75) is 61.9 Å². The van der Waals surface area contributed by atoms with Gasteiger partial charge in [-0.05, 0) is 74.2 Å². The Morgan fingerprint density at radius 3 is 1.35 bits per heavy atom. The molecule has 2 fully saturated rings. The summed E-state index contributed by atoms with van der Waals surface area (Å²) in [5.74, 6) is 0. The van der Waals surface area contributed by atoms with Crippen molar-refractivity contribution in [2.24, 2.45) is 0 Å². The van der Waals surface area contributed by atoms with Crippen LogP contribution in [0.3, 0.4) is 0 Å². The first-order chi connectivity index (χ1) is 18.9. The third-order valence-corrected chi connectivity index (χ3v) is 11.0. The molecule has 0 aromatic heterocycles. The van der Waals surface area contributed by atoms with Crippen LogP contribution in [0.4, 0.5) is 0 Å². The topological polar surface area (TPSA) is 141 Å². The molecule has 2 aromatic carbocycles. The fraction of sp³-hybridized carbons (Fsp3) is 0.429. The van der Waals surface area contributed by atoms with Crippen LogP contribution in [0, 0.1) is 22.7 Å². The molecule has 0 radical (unpaired) electrons. The third-order valence-electron chi connectivity index (χ3n) is 7.33. The van der Waals surface area contributed by atoms with Gasteiger partial charge in [0.25, 0.3) is 0 Å². The Morgan fingerprint density at radius 1 is 0.675 bits per heavy atom. The number of allylic oxidation sites excluding steroid dienone is 1. The standard InChI is InChI=1S/C28H30N4O6S2/c1-17-13-31(14-18(2)37-17)39(33,34)22-5-7-24-25-8-6-23(40(35,36)32-15-19(3)38-20(4)16-32)10-27(25)28(26(24)9-22)21(11-29)12-30/h5-10,17-20H,13-16H2,1-4H3/t17-,18-,19-,20+/m1/s1. The Labute approximate surface area is 235 Å². The molecule has 2 aliphatic heterocycles. The maximum absolute atomic E-state index is 13.6. The Kier molecular flexibility index (Phi) is 7.38. The summed E-state index contributed by atoms with van der Waals surface area (Å²) in [6.45, 7) is 8.07. The number of benzene rings is 2. The molecule has 2 aromatic rings. The molecule has 0 amide bonds. The van der Waals surface area contributed by atoms with E-state index in [4.69, 9.17) is 9.47 Å². The zero-order valence-corrected chi connectivity index (χ0v) is 24.3. The van der Waals surface area contributed by atoms with E-state index >= 15 is 0 Å². The minimum Gasteiger partial charge on any atom is -0.373 e. The van der Waals surface area contributed by atoms with Gasteiger partial charge < -0.3 is 9.47 Å². The van der Waals surface area contributed by atoms with Crippen LogP contribution in [0.1, 0.15) is 38.8 Å². The summed E-state index contributed by atoms with van der Waals surface area (Å²) in [4.78, 5) is 0.0504. The molecule has 0 saturated carbocycles. The van der Waals surface area contributed by atoms with Crippen LogP contribution in [-0.4, -0.2) is 76.0 Å². The number of hydrogen-bond acceptors (Lipinski definition) is 8. The number of morpholine rings is 2. The Balaban J connectivity index is 1.61. The molecule has 0 spiro atoms. The number of hydrogen-bond donors (Lipinski definition) is 0. The molecule has 2 saturated heterocycles. The second kappa shape index (κ2) is 10.4. The summed E-state index contributed by atoms with van der Waals surface area (Å²) in [7, 11) is -7.81. The Bertz CT molecular complexity index is 1560. The average molecular weight is 583 g/mol. The molecular weight excluding hydrogens is 552 g/mol. The van der Waals surface area contributed by atoms with E-state index < -0.39 is 20.0 Å². The monoisotopic (exact) mass is 582 g/mol. The van der Waals surface area contributed by atoms with Crippen LogP contribution >= 0.6 is 0 Å². The van der Waals surface area contributed by atoms with Crippen LogP contribution in [-0.2, 0) is 29.5 Å². The Morgan fingerprint density at radius 2 is 1.02 bits per heavy atom. The average Bonchev–Trinajstić information content (AvgIpc) is 3.21. The fourth-order valence-corrected chi connectivity index (χ4v) is 8.99. The predicted molar refractivity (Wildman–Crippen MR) is 147 cm³/mol. The van der Waals surface area contributed by atoms with Gasteiger partial charge in [0.15, 0.2) is 0 Å². The van der Waals surface area contributed by atoms with E-state index in [9.17, 15) is 27.4 Å². The lowest BCUT2D eigenvalue weighted by Crippen LogP contribution is -2.48. The first-order valence-electron chi connectivity index (χ1n) is 13.0. The Hall–Kier alpha value is -3.10. The lowest BCUT2D eigenvalue weighted by atomic mass is 9.99. The predicted octanol–water partition coefficient (Wildman–Crippen LogP) is 3.11. The molecule has 2 heterocycles. The van der Waals surface area contributed by atoms with Crippen LogP contribution in [0.15, 0.2) is 51.8 Å². The molecule has 5 rings (SSSR count). The zero-order chi connectivity index (χ0) is 29.0. The van der Waals surface area contributed by atoms with Gasteiger partial charge in [0, 0.05) is 31.8 Å². The van der Waals surface area contributed by atoms with Crippen molar-refractivity contribution >= 4 is 25.6 Å². The van der Waals surface area contributed by atoms with Gasteiger partial charge in [0.05, 0.1) is 34.2 Å². The third kappa shape index (κ3) is 4.85. The van der Waals surface area contributed by atoms with E-state index in [1.165, 1.54) is 32.9 Å². The van der Waals surface area contributed by atoms with Crippen LogP contribution in [0.25, 0.3) is 16.7 Å². The molecule has 0 bridgehead atoms. The highest BCUT2D eigenvalue weighted by atomic mass is 32.2. The summed E-state index contributed by atoms with van der Waals surface area (Å²) >= 11 is 0. The largest absolute Gasteiger partial charge is 0.373 e. The van der Waals surface area contributed by atoms with Gasteiger partial charge in [-0.25, -0.2) is 16.8 Å². The van der Waals surface area contributed by atoms with E-state index in [0.29, 0.717) is 22.3 Å². The highest BCUT2D eigenvalue weighted by molar-refractivity contribution is 7.89. The highest BCUT2D eigenvalue weighted by Crippen LogP contribution is 2.47. The lowest BCUT2D eigenvalue weighted by Gasteiger charge is -2.34. The summed E-state index contributed by atoms with van der Waals surface area (Å²) in [6, 6.07) is 13.1. The van der Waals surface area contributed by atoms with Crippen molar-refractivity contribution in [1.82, 2.24) is 8.61 Å². The molecule has 210 valence electrons. The number of ether oxygens (including phenoxy) is 2. The van der Waals surface area contributed by atoms with Crippen molar-refractivity contribution in [3.05, 3.63) is 53.1 Å². The van der Waals surface area contributed by atoms with E-state index in [0.717, 1.165) is 0 Å². The first kappa shape index (κ1) is 28.4. The van der Waals surface area contributed by atoms with E-state index in [2.05, 4.69) is 0 Å². The smallest absolute Gasteiger partial charge is 0.243 e. The number of nitriles is 2. The fourth-order valence-electron chi connectivity index (χ4n) is 5.75. The molecule has 1 aliphatic carbocycles. The minimum atomic E-state index is -3.91. The van der Waals surface area contributed by atoms with E-state index in [1.54, 1.807) is 12.1 Å². The summed E-state index contributed by atoms with van der Waals surface area (Å²) in [5.41, 5.74) is 2.02. The number of rotatable bonds is 4. The maximum Gasteiger partial charge on any atom is 0.243 e.